The summed E-state index contributed by atoms with van der Waals surface area (Å²) in [7, 11) is 2.11. The molecule has 40 heavy (non-hydrogen) atoms. The third kappa shape index (κ3) is 13.8. The standard InChI is InChI=1S/C30H51N5O5/c1-5-6-7-10-32-29-28(25(3)33-30(31)34-29)22-27-21-26(9-8-24(27)2)23-35(4)11-13-37-15-17-39-19-20-40-18-16-38-14-12-36/h8-9,21,36H,5-7,10-20,22-23H2,1-4H3,(H3,31,32,33,34). The highest BCUT2D eigenvalue weighted by atomic mass is 16.6. The Hall–Kier alpha value is -2.34. The molecule has 0 saturated carbocycles. The summed E-state index contributed by atoms with van der Waals surface area (Å²) in [6.45, 7) is 13.1. The molecule has 0 radical (unpaired) electrons. The van der Waals surface area contributed by atoms with E-state index < -0.39 is 0 Å². The molecule has 10 nitrogen and oxygen atoms in total. The average Bonchev–Trinajstić information content (AvgIpc) is 2.92. The number of aromatic nitrogens is 2. The third-order valence-corrected chi connectivity index (χ3v) is 6.51. The first-order valence-corrected chi connectivity index (χ1v) is 14.5. The van der Waals surface area contributed by atoms with Crippen LogP contribution in [-0.4, -0.2) is 99.6 Å². The van der Waals surface area contributed by atoms with Crippen LogP contribution in [0.1, 0.15) is 54.1 Å². The van der Waals surface area contributed by atoms with Gasteiger partial charge in [-0.25, -0.2) is 4.98 Å². The van der Waals surface area contributed by atoms with E-state index in [0.29, 0.717) is 58.8 Å². The molecule has 1 heterocycles. The first-order valence-electron chi connectivity index (χ1n) is 14.5. The van der Waals surface area contributed by atoms with Gasteiger partial charge in [0.15, 0.2) is 0 Å². The zero-order valence-electron chi connectivity index (χ0n) is 25.0. The number of anilines is 2. The number of hydrogen-bond donors (Lipinski definition) is 3. The van der Waals surface area contributed by atoms with E-state index in [9.17, 15) is 0 Å². The van der Waals surface area contributed by atoms with Gasteiger partial charge in [0, 0.05) is 37.3 Å². The van der Waals surface area contributed by atoms with Crippen molar-refractivity contribution in [2.75, 3.05) is 90.6 Å². The van der Waals surface area contributed by atoms with Crippen LogP contribution in [0.5, 0.6) is 0 Å². The van der Waals surface area contributed by atoms with Crippen molar-refractivity contribution in [1.29, 1.82) is 0 Å². The molecule has 0 fully saturated rings. The van der Waals surface area contributed by atoms with Crippen LogP contribution in [0.3, 0.4) is 0 Å². The molecule has 1 aromatic heterocycles. The van der Waals surface area contributed by atoms with E-state index in [1.807, 2.05) is 6.92 Å². The van der Waals surface area contributed by atoms with E-state index in [1.54, 1.807) is 0 Å². The van der Waals surface area contributed by atoms with E-state index >= 15 is 0 Å². The smallest absolute Gasteiger partial charge is 0.222 e. The van der Waals surface area contributed by atoms with Gasteiger partial charge < -0.3 is 35.1 Å². The number of nitrogen functional groups attached to an aromatic ring is 1. The lowest BCUT2D eigenvalue weighted by molar-refractivity contribution is -0.00687. The van der Waals surface area contributed by atoms with Crippen LogP contribution < -0.4 is 11.1 Å². The van der Waals surface area contributed by atoms with Gasteiger partial charge in [-0.05, 0) is 44.0 Å². The average molecular weight is 562 g/mol. The number of nitrogens with two attached hydrogens (primary N) is 1. The molecule has 0 amide bonds. The van der Waals surface area contributed by atoms with Gasteiger partial charge in [-0.1, -0.05) is 38.0 Å². The van der Waals surface area contributed by atoms with Crippen LogP contribution in [-0.2, 0) is 31.9 Å². The number of nitrogens with one attached hydrogen (secondary N) is 1. The van der Waals surface area contributed by atoms with Gasteiger partial charge in [0.2, 0.25) is 5.95 Å². The van der Waals surface area contributed by atoms with E-state index in [0.717, 1.165) is 49.6 Å². The highest BCUT2D eigenvalue weighted by Crippen LogP contribution is 2.24. The Kier molecular flexibility index (Phi) is 17.4. The largest absolute Gasteiger partial charge is 0.394 e. The van der Waals surface area contributed by atoms with Crippen molar-refractivity contribution in [3.63, 3.8) is 0 Å². The van der Waals surface area contributed by atoms with Gasteiger partial charge >= 0.3 is 0 Å². The Morgan fingerprint density at radius 2 is 1.55 bits per heavy atom. The second-order valence-corrected chi connectivity index (χ2v) is 9.98. The van der Waals surface area contributed by atoms with Gasteiger partial charge in [-0.15, -0.1) is 0 Å². The van der Waals surface area contributed by atoms with Crippen molar-refractivity contribution in [1.82, 2.24) is 14.9 Å². The number of ether oxygens (including phenoxy) is 4. The number of benzene rings is 1. The van der Waals surface area contributed by atoms with Crippen LogP contribution in [0.25, 0.3) is 0 Å². The maximum Gasteiger partial charge on any atom is 0.222 e. The van der Waals surface area contributed by atoms with Gasteiger partial charge in [0.25, 0.3) is 0 Å². The van der Waals surface area contributed by atoms with Crippen LogP contribution >= 0.6 is 0 Å². The zero-order chi connectivity index (χ0) is 29.0. The van der Waals surface area contributed by atoms with Crippen molar-refractivity contribution in [3.8, 4) is 0 Å². The Bertz CT molecular complexity index is 962. The molecule has 0 spiro atoms. The summed E-state index contributed by atoms with van der Waals surface area (Å²) >= 11 is 0. The summed E-state index contributed by atoms with van der Waals surface area (Å²) < 4.78 is 21.8. The molecule has 0 aliphatic carbocycles. The van der Waals surface area contributed by atoms with Crippen molar-refractivity contribution < 1.29 is 24.1 Å². The molecule has 0 bridgehead atoms. The Morgan fingerprint density at radius 3 is 2.20 bits per heavy atom. The zero-order valence-corrected chi connectivity index (χ0v) is 25.0. The normalized spacial score (nSPS) is 11.4. The monoisotopic (exact) mass is 561 g/mol. The minimum Gasteiger partial charge on any atom is -0.394 e. The molecule has 4 N–H and O–H groups in total. The second-order valence-electron chi connectivity index (χ2n) is 9.98. The lowest BCUT2D eigenvalue weighted by Crippen LogP contribution is -2.23. The number of unbranched alkanes of at least 4 members (excludes halogenated alkanes) is 2. The third-order valence-electron chi connectivity index (χ3n) is 6.51. The van der Waals surface area contributed by atoms with E-state index in [2.05, 4.69) is 59.3 Å². The minimum atomic E-state index is 0.0329. The van der Waals surface area contributed by atoms with Crippen molar-refractivity contribution in [2.24, 2.45) is 0 Å². The number of hydrogen-bond acceptors (Lipinski definition) is 10. The van der Waals surface area contributed by atoms with Crippen molar-refractivity contribution >= 4 is 11.8 Å². The van der Waals surface area contributed by atoms with Gasteiger partial charge in [0.05, 0.1) is 59.5 Å². The molecule has 0 saturated heterocycles. The first kappa shape index (κ1) is 33.9. The van der Waals surface area contributed by atoms with Gasteiger partial charge in [0.1, 0.15) is 5.82 Å². The lowest BCUT2D eigenvalue weighted by atomic mass is 9.97. The Balaban J connectivity index is 1.74. The summed E-state index contributed by atoms with van der Waals surface area (Å²) in [5.41, 5.74) is 11.8. The van der Waals surface area contributed by atoms with Gasteiger partial charge in [-0.2, -0.15) is 4.98 Å². The van der Waals surface area contributed by atoms with Gasteiger partial charge in [-0.3, -0.25) is 4.90 Å². The summed E-state index contributed by atoms with van der Waals surface area (Å²) in [6.07, 6.45) is 4.24. The van der Waals surface area contributed by atoms with Crippen LogP contribution in [0.4, 0.5) is 11.8 Å². The Labute approximate surface area is 240 Å². The minimum absolute atomic E-state index is 0.0329. The van der Waals surface area contributed by atoms with Crippen LogP contribution in [0.2, 0.25) is 0 Å². The number of aryl methyl sites for hydroxylation is 2. The van der Waals surface area contributed by atoms with Crippen molar-refractivity contribution in [2.45, 2.75) is 53.0 Å². The molecule has 1 aromatic carbocycles. The molecular formula is C30H51N5O5. The fraction of sp³-hybridized carbons (Fsp3) is 0.667. The highest BCUT2D eigenvalue weighted by molar-refractivity contribution is 5.52. The summed E-state index contributed by atoms with van der Waals surface area (Å²) in [5.74, 6) is 1.16. The number of rotatable bonds is 23. The van der Waals surface area contributed by atoms with Crippen LogP contribution in [0, 0.1) is 13.8 Å². The molecular weight excluding hydrogens is 510 g/mol. The maximum atomic E-state index is 8.63. The fourth-order valence-corrected chi connectivity index (χ4v) is 4.20. The highest BCUT2D eigenvalue weighted by Gasteiger charge is 2.13. The topological polar surface area (TPSA) is 124 Å². The molecule has 0 atom stereocenters. The van der Waals surface area contributed by atoms with E-state index in [4.69, 9.17) is 29.8 Å². The molecule has 0 aliphatic rings. The SMILES string of the molecule is CCCCCNc1nc(N)nc(C)c1Cc1cc(CN(C)CCOCCOCCOCCOCCO)ccc1C. The second kappa shape index (κ2) is 20.5. The molecule has 0 unspecified atom stereocenters. The molecule has 2 rings (SSSR count). The number of aliphatic hydroxyl groups is 1. The Morgan fingerprint density at radius 1 is 0.900 bits per heavy atom. The number of likely N-dealkylation sites (N-methyl/N-ethyl adjacent to an activating group) is 1. The fourth-order valence-electron chi connectivity index (χ4n) is 4.20. The first-order chi connectivity index (χ1) is 19.4. The summed E-state index contributed by atoms with van der Waals surface area (Å²) in [4.78, 5) is 11.2. The van der Waals surface area contributed by atoms with E-state index in [1.165, 1.54) is 29.5 Å². The molecule has 0 aliphatic heterocycles. The predicted octanol–water partition coefficient (Wildman–Crippen LogP) is 3.36. The molecule has 2 aromatic rings. The van der Waals surface area contributed by atoms with E-state index in [-0.39, 0.29) is 6.61 Å². The maximum absolute atomic E-state index is 8.63. The quantitative estimate of drug-likeness (QED) is 0.174. The molecule has 226 valence electrons. The predicted molar refractivity (Wildman–Crippen MR) is 160 cm³/mol. The molecule has 10 heteroatoms. The number of nitrogens with zero attached hydrogens (tertiary/aromatic N) is 3. The lowest BCUT2D eigenvalue weighted by Gasteiger charge is -2.19. The van der Waals surface area contributed by atoms with Crippen molar-refractivity contribution in [3.05, 3.63) is 46.1 Å². The summed E-state index contributed by atoms with van der Waals surface area (Å²) in [6, 6.07) is 6.68. The summed E-state index contributed by atoms with van der Waals surface area (Å²) in [5, 5.41) is 12.1. The number of aliphatic hydroxyl groups excluding tert-OH is 1. The van der Waals surface area contributed by atoms with Crippen LogP contribution in [0.15, 0.2) is 18.2 Å².